The van der Waals surface area contributed by atoms with Gasteiger partial charge in [-0.1, -0.05) is 23.4 Å². The first kappa shape index (κ1) is 15.6. The van der Waals surface area contributed by atoms with Crippen molar-refractivity contribution in [2.24, 2.45) is 5.92 Å². The number of piperidine rings is 1. The molecule has 7 heteroatoms. The summed E-state index contributed by atoms with van der Waals surface area (Å²) in [7, 11) is 0. The monoisotopic (exact) mass is 318 g/mol. The Morgan fingerprint density at radius 2 is 2.30 bits per heavy atom. The van der Waals surface area contributed by atoms with Crippen LogP contribution in [0.15, 0.2) is 28.8 Å². The Kier molecular flexibility index (Phi) is 4.66. The number of hydrogen-bond donors (Lipinski definition) is 2. The van der Waals surface area contributed by atoms with E-state index in [1.165, 1.54) is 6.07 Å². The van der Waals surface area contributed by atoms with Crippen LogP contribution in [0.2, 0.25) is 0 Å². The van der Waals surface area contributed by atoms with Crippen molar-refractivity contribution in [2.75, 3.05) is 13.1 Å². The molecule has 2 atom stereocenters. The van der Waals surface area contributed by atoms with Crippen molar-refractivity contribution in [1.82, 2.24) is 20.8 Å². The van der Waals surface area contributed by atoms with E-state index in [4.69, 9.17) is 4.52 Å². The standard InChI is InChI=1S/C16H19FN4O2/c1-10-19-15(21-23-10)14(12-6-2-3-7-13(12)17)20-16(22)11-5-4-8-18-9-11/h2-3,6-7,11,14,18H,4-5,8-9H2,1H3,(H,20,22). The van der Waals surface area contributed by atoms with E-state index in [0.29, 0.717) is 18.0 Å². The summed E-state index contributed by atoms with van der Waals surface area (Å²) in [4.78, 5) is 16.7. The molecule has 3 rings (SSSR count). The molecule has 2 unspecified atom stereocenters. The molecule has 6 nitrogen and oxygen atoms in total. The molecule has 122 valence electrons. The topological polar surface area (TPSA) is 80.0 Å². The summed E-state index contributed by atoms with van der Waals surface area (Å²) >= 11 is 0. The molecule has 1 aromatic heterocycles. The quantitative estimate of drug-likeness (QED) is 0.897. The van der Waals surface area contributed by atoms with Gasteiger partial charge in [0.2, 0.25) is 11.8 Å². The van der Waals surface area contributed by atoms with Gasteiger partial charge < -0.3 is 15.2 Å². The minimum absolute atomic E-state index is 0.132. The van der Waals surface area contributed by atoms with Gasteiger partial charge in [0.1, 0.15) is 11.9 Å². The highest BCUT2D eigenvalue weighted by molar-refractivity contribution is 5.79. The number of aryl methyl sites for hydroxylation is 1. The largest absolute Gasteiger partial charge is 0.341 e. The van der Waals surface area contributed by atoms with E-state index in [0.717, 1.165) is 19.4 Å². The normalized spacial score (nSPS) is 19.3. The van der Waals surface area contributed by atoms with Gasteiger partial charge in [0.25, 0.3) is 0 Å². The zero-order chi connectivity index (χ0) is 16.2. The summed E-state index contributed by atoms with van der Waals surface area (Å²) in [6.07, 6.45) is 1.76. The molecular formula is C16H19FN4O2. The maximum absolute atomic E-state index is 14.2. The summed E-state index contributed by atoms with van der Waals surface area (Å²) in [6, 6.07) is 5.52. The van der Waals surface area contributed by atoms with Gasteiger partial charge in [-0.15, -0.1) is 0 Å². The van der Waals surface area contributed by atoms with Gasteiger partial charge in [0.15, 0.2) is 5.82 Å². The molecule has 0 bridgehead atoms. The first-order valence-corrected chi connectivity index (χ1v) is 7.71. The highest BCUT2D eigenvalue weighted by Crippen LogP contribution is 2.23. The fourth-order valence-corrected chi connectivity index (χ4v) is 2.76. The SMILES string of the molecule is Cc1nc(C(NC(=O)C2CCCNC2)c2ccccc2F)no1. The van der Waals surface area contributed by atoms with E-state index >= 15 is 0 Å². The molecular weight excluding hydrogens is 299 g/mol. The molecule has 1 aliphatic heterocycles. The number of aromatic nitrogens is 2. The number of nitrogens with zero attached hydrogens (tertiary/aromatic N) is 2. The van der Waals surface area contributed by atoms with Gasteiger partial charge in [0.05, 0.1) is 5.92 Å². The average Bonchev–Trinajstić information content (AvgIpc) is 3.00. The molecule has 0 saturated carbocycles. The predicted octanol–water partition coefficient (Wildman–Crippen LogP) is 1.72. The number of amides is 1. The maximum atomic E-state index is 14.2. The van der Waals surface area contributed by atoms with Gasteiger partial charge in [-0.05, 0) is 25.5 Å². The number of carbonyl (C=O) groups is 1. The van der Waals surface area contributed by atoms with Crippen LogP contribution in [0.25, 0.3) is 0 Å². The van der Waals surface area contributed by atoms with Crippen LogP contribution in [-0.4, -0.2) is 29.1 Å². The summed E-state index contributed by atoms with van der Waals surface area (Å²) in [6.45, 7) is 3.20. The number of carbonyl (C=O) groups excluding carboxylic acids is 1. The van der Waals surface area contributed by atoms with Crippen LogP contribution in [0.4, 0.5) is 4.39 Å². The lowest BCUT2D eigenvalue weighted by Crippen LogP contribution is -2.42. The van der Waals surface area contributed by atoms with E-state index in [1.54, 1.807) is 25.1 Å². The van der Waals surface area contributed by atoms with E-state index in [-0.39, 0.29) is 17.6 Å². The highest BCUT2D eigenvalue weighted by atomic mass is 19.1. The molecule has 1 amide bonds. The second kappa shape index (κ2) is 6.87. The third-order valence-electron chi connectivity index (χ3n) is 3.97. The maximum Gasteiger partial charge on any atom is 0.225 e. The number of hydrogen-bond acceptors (Lipinski definition) is 5. The third kappa shape index (κ3) is 3.56. The molecule has 1 fully saturated rings. The Labute approximate surface area is 133 Å². The number of nitrogens with one attached hydrogen (secondary N) is 2. The molecule has 0 aliphatic carbocycles. The van der Waals surface area contributed by atoms with Crippen LogP contribution >= 0.6 is 0 Å². The number of rotatable bonds is 4. The third-order valence-corrected chi connectivity index (χ3v) is 3.97. The van der Waals surface area contributed by atoms with E-state index in [1.807, 2.05) is 0 Å². The minimum atomic E-state index is -0.761. The second-order valence-corrected chi connectivity index (χ2v) is 5.68. The van der Waals surface area contributed by atoms with Gasteiger partial charge in [-0.3, -0.25) is 4.79 Å². The number of halogens is 1. The van der Waals surface area contributed by atoms with Crippen molar-refractivity contribution < 1.29 is 13.7 Å². The van der Waals surface area contributed by atoms with Crippen LogP contribution in [0.5, 0.6) is 0 Å². The average molecular weight is 318 g/mol. The Balaban J connectivity index is 1.86. The van der Waals surface area contributed by atoms with Crippen LogP contribution < -0.4 is 10.6 Å². The van der Waals surface area contributed by atoms with Crippen molar-refractivity contribution in [1.29, 1.82) is 0 Å². The lowest BCUT2D eigenvalue weighted by Gasteiger charge is -2.24. The van der Waals surface area contributed by atoms with Crippen LogP contribution in [0.1, 0.15) is 36.2 Å². The summed E-state index contributed by atoms with van der Waals surface area (Å²) in [5, 5.41) is 9.92. The van der Waals surface area contributed by atoms with Crippen molar-refractivity contribution in [2.45, 2.75) is 25.8 Å². The van der Waals surface area contributed by atoms with E-state index in [2.05, 4.69) is 20.8 Å². The van der Waals surface area contributed by atoms with Gasteiger partial charge >= 0.3 is 0 Å². The van der Waals surface area contributed by atoms with Crippen LogP contribution in [-0.2, 0) is 4.79 Å². The van der Waals surface area contributed by atoms with Gasteiger partial charge in [-0.2, -0.15) is 4.98 Å². The highest BCUT2D eigenvalue weighted by Gasteiger charge is 2.28. The van der Waals surface area contributed by atoms with E-state index < -0.39 is 11.9 Å². The fraction of sp³-hybridized carbons (Fsp3) is 0.438. The molecule has 1 aromatic carbocycles. The van der Waals surface area contributed by atoms with Gasteiger partial charge in [-0.25, -0.2) is 4.39 Å². The first-order valence-electron chi connectivity index (χ1n) is 7.71. The Bertz CT molecular complexity index is 682. The van der Waals surface area contributed by atoms with Crippen LogP contribution in [0, 0.1) is 18.7 Å². The first-order chi connectivity index (χ1) is 11.1. The predicted molar refractivity (Wildman–Crippen MR) is 81.0 cm³/mol. The molecule has 2 aromatic rings. The smallest absolute Gasteiger partial charge is 0.225 e. The molecule has 2 N–H and O–H groups in total. The summed E-state index contributed by atoms with van der Waals surface area (Å²) in [5.41, 5.74) is 0.324. The molecule has 23 heavy (non-hydrogen) atoms. The second-order valence-electron chi connectivity index (χ2n) is 5.68. The number of benzene rings is 1. The lowest BCUT2D eigenvalue weighted by molar-refractivity contribution is -0.126. The zero-order valence-electron chi connectivity index (χ0n) is 12.9. The van der Waals surface area contributed by atoms with Crippen LogP contribution in [0.3, 0.4) is 0 Å². The fourth-order valence-electron chi connectivity index (χ4n) is 2.76. The lowest BCUT2D eigenvalue weighted by atomic mass is 9.97. The molecule has 2 heterocycles. The molecule has 0 spiro atoms. The Hall–Kier alpha value is -2.28. The zero-order valence-corrected chi connectivity index (χ0v) is 12.9. The summed E-state index contributed by atoms with van der Waals surface area (Å²) in [5.74, 6) is -0.0550. The molecule has 1 saturated heterocycles. The van der Waals surface area contributed by atoms with Crippen molar-refractivity contribution in [3.8, 4) is 0 Å². The van der Waals surface area contributed by atoms with Crippen molar-refractivity contribution >= 4 is 5.91 Å². The molecule has 1 aliphatic rings. The Morgan fingerprint density at radius 3 is 2.96 bits per heavy atom. The summed E-state index contributed by atoms with van der Waals surface area (Å²) < 4.78 is 19.2. The van der Waals surface area contributed by atoms with E-state index in [9.17, 15) is 9.18 Å². The molecule has 0 radical (unpaired) electrons. The van der Waals surface area contributed by atoms with Gasteiger partial charge in [0, 0.05) is 19.0 Å². The Morgan fingerprint density at radius 1 is 1.48 bits per heavy atom. The van der Waals surface area contributed by atoms with Crippen molar-refractivity contribution in [3.05, 3.63) is 47.4 Å². The minimum Gasteiger partial charge on any atom is -0.341 e. The van der Waals surface area contributed by atoms with Crippen molar-refractivity contribution in [3.63, 3.8) is 0 Å².